The van der Waals surface area contributed by atoms with Crippen LogP contribution in [0.1, 0.15) is 29.4 Å². The summed E-state index contributed by atoms with van der Waals surface area (Å²) in [5, 5.41) is 4.95. The lowest BCUT2D eigenvalue weighted by molar-refractivity contribution is 0.221. The van der Waals surface area contributed by atoms with Crippen LogP contribution >= 0.6 is 35.3 Å². The summed E-state index contributed by atoms with van der Waals surface area (Å²) < 4.78 is 26.2. The van der Waals surface area contributed by atoms with Gasteiger partial charge in [0.05, 0.1) is 0 Å². The molecule has 6 nitrogen and oxygen atoms in total. The van der Waals surface area contributed by atoms with Crippen LogP contribution in [-0.4, -0.2) is 25.0 Å². The number of hydrogen-bond donors (Lipinski definition) is 3. The van der Waals surface area contributed by atoms with Crippen LogP contribution in [0, 0.1) is 0 Å². The van der Waals surface area contributed by atoms with Gasteiger partial charge in [-0.2, -0.15) is 0 Å². The molecular formula is C18H18BrFN3O3PS. The number of nitrogens with one attached hydrogen (secondary N) is 1. The molecule has 0 saturated carbocycles. The van der Waals surface area contributed by atoms with E-state index in [1.807, 2.05) is 30.3 Å². The van der Waals surface area contributed by atoms with Gasteiger partial charge in [-0.15, -0.1) is 5.10 Å². The zero-order valence-electron chi connectivity index (χ0n) is 14.8. The van der Waals surface area contributed by atoms with E-state index in [4.69, 9.17) is 0 Å². The van der Waals surface area contributed by atoms with Crippen LogP contribution in [0.25, 0.3) is 0 Å². The Kier molecular flexibility index (Phi) is 6.41. The number of aromatic amines is 1. The third kappa shape index (κ3) is 4.90. The van der Waals surface area contributed by atoms with Gasteiger partial charge in [0.1, 0.15) is 5.82 Å². The van der Waals surface area contributed by atoms with Gasteiger partial charge in [-0.3, -0.25) is 9.66 Å². The van der Waals surface area contributed by atoms with Crippen molar-refractivity contribution in [2.45, 2.75) is 29.7 Å². The Morgan fingerprint density at radius 1 is 1.21 bits per heavy atom. The van der Waals surface area contributed by atoms with Gasteiger partial charge in [0.15, 0.2) is 0 Å². The lowest BCUT2D eigenvalue weighted by atomic mass is 10.1. The zero-order valence-corrected chi connectivity index (χ0v) is 18.1. The molecule has 1 unspecified atom stereocenters. The SMILES string of the molecule is CC(F)(c1ccc(CSc2n[nH]c(Cc3ccccc3)n2)cc1Br)P(=O)(O)O. The predicted octanol–water partition coefficient (Wildman–Crippen LogP) is 4.77. The molecule has 0 aliphatic rings. The Bertz CT molecular complexity index is 1010. The second-order valence-electron chi connectivity index (χ2n) is 6.33. The molecule has 0 saturated heterocycles. The van der Waals surface area contributed by atoms with Crippen LogP contribution in [0.15, 0.2) is 58.2 Å². The first-order valence-corrected chi connectivity index (χ1v) is 11.7. The van der Waals surface area contributed by atoms with Gasteiger partial charge in [0.25, 0.3) is 0 Å². The van der Waals surface area contributed by atoms with Gasteiger partial charge in [-0.05, 0) is 24.1 Å². The van der Waals surface area contributed by atoms with Crippen molar-refractivity contribution in [3.63, 3.8) is 0 Å². The summed E-state index contributed by atoms with van der Waals surface area (Å²) in [5.74, 6) is 1.29. The highest BCUT2D eigenvalue weighted by Crippen LogP contribution is 2.59. The fourth-order valence-corrected chi connectivity index (χ4v) is 4.75. The first-order valence-electron chi connectivity index (χ1n) is 8.28. The minimum absolute atomic E-state index is 0.0855. The van der Waals surface area contributed by atoms with Crippen molar-refractivity contribution in [3.8, 4) is 0 Å². The Balaban J connectivity index is 1.66. The molecule has 1 heterocycles. The Morgan fingerprint density at radius 2 is 1.93 bits per heavy atom. The van der Waals surface area contributed by atoms with Crippen molar-refractivity contribution in [1.29, 1.82) is 0 Å². The van der Waals surface area contributed by atoms with Crippen molar-refractivity contribution in [2.75, 3.05) is 0 Å². The average Bonchev–Trinajstić information content (AvgIpc) is 3.07. The molecule has 1 aromatic heterocycles. The van der Waals surface area contributed by atoms with E-state index in [9.17, 15) is 18.7 Å². The molecule has 0 spiro atoms. The van der Waals surface area contributed by atoms with Crippen LogP contribution in [0.4, 0.5) is 4.39 Å². The van der Waals surface area contributed by atoms with Gasteiger partial charge < -0.3 is 9.79 Å². The summed E-state index contributed by atoms with van der Waals surface area (Å²) in [5.41, 5.74) is 1.89. The Hall–Kier alpha value is -1.51. The predicted molar refractivity (Wildman–Crippen MR) is 110 cm³/mol. The third-order valence-corrected chi connectivity index (χ3v) is 7.08. The topological polar surface area (TPSA) is 99.1 Å². The maximum Gasteiger partial charge on any atom is 0.366 e. The molecule has 0 aliphatic heterocycles. The summed E-state index contributed by atoms with van der Waals surface area (Å²) >= 11 is 4.62. The van der Waals surface area contributed by atoms with Crippen LogP contribution in [0.2, 0.25) is 0 Å². The van der Waals surface area contributed by atoms with Crippen molar-refractivity contribution in [1.82, 2.24) is 15.2 Å². The molecule has 0 bridgehead atoms. The maximum atomic E-state index is 14.5. The number of aromatic nitrogens is 3. The molecule has 3 N–H and O–H groups in total. The number of halogens is 2. The first kappa shape index (κ1) is 21.2. The summed E-state index contributed by atoms with van der Waals surface area (Å²) in [6, 6.07) is 14.6. The summed E-state index contributed by atoms with van der Waals surface area (Å²) in [4.78, 5) is 22.9. The molecule has 2 aromatic carbocycles. The smallest absolute Gasteiger partial charge is 0.322 e. The number of rotatable bonds is 7. The highest BCUT2D eigenvalue weighted by Gasteiger charge is 2.45. The van der Waals surface area contributed by atoms with Crippen LogP contribution in [-0.2, 0) is 22.1 Å². The highest BCUT2D eigenvalue weighted by atomic mass is 79.9. The second-order valence-corrected chi connectivity index (χ2v) is 10.1. The third-order valence-electron chi connectivity index (χ3n) is 4.17. The Labute approximate surface area is 174 Å². The van der Waals surface area contributed by atoms with E-state index >= 15 is 0 Å². The fraction of sp³-hybridized carbons (Fsp3) is 0.222. The molecule has 10 heteroatoms. The summed E-state index contributed by atoms with van der Waals surface area (Å²) in [6.07, 6.45) is 0.659. The largest absolute Gasteiger partial charge is 0.366 e. The average molecular weight is 486 g/mol. The van der Waals surface area contributed by atoms with Gasteiger partial charge >= 0.3 is 7.60 Å². The number of H-pyrrole nitrogens is 1. The fourth-order valence-electron chi connectivity index (χ4n) is 2.53. The number of alkyl halides is 1. The molecule has 0 fully saturated rings. The van der Waals surface area contributed by atoms with E-state index in [1.165, 1.54) is 17.8 Å². The van der Waals surface area contributed by atoms with Crippen molar-refractivity contribution >= 4 is 35.3 Å². The van der Waals surface area contributed by atoms with E-state index in [1.54, 1.807) is 12.1 Å². The molecule has 0 amide bonds. The maximum absolute atomic E-state index is 14.5. The van der Waals surface area contributed by atoms with Gasteiger partial charge in [-0.25, -0.2) is 9.37 Å². The van der Waals surface area contributed by atoms with E-state index in [0.717, 1.165) is 23.9 Å². The highest BCUT2D eigenvalue weighted by molar-refractivity contribution is 9.10. The number of thioether (sulfide) groups is 1. The van der Waals surface area contributed by atoms with E-state index in [2.05, 4.69) is 31.1 Å². The molecular weight excluding hydrogens is 468 g/mol. The standard InChI is InChI=1S/C18H18BrFN3O3PS/c1-18(20,27(24,25)26)14-8-7-13(9-15(14)19)11-28-17-21-16(22-23-17)10-12-5-3-2-4-6-12/h2-9H,10-11H2,1H3,(H,21,22,23)(H2,24,25,26). The minimum atomic E-state index is -4.95. The second kappa shape index (κ2) is 8.47. The molecule has 1 atom stereocenters. The Morgan fingerprint density at radius 3 is 2.57 bits per heavy atom. The van der Waals surface area contributed by atoms with E-state index in [0.29, 0.717) is 21.8 Å². The lowest BCUT2D eigenvalue weighted by Gasteiger charge is -2.23. The zero-order chi connectivity index (χ0) is 20.4. The molecule has 0 aliphatic carbocycles. The quantitative estimate of drug-likeness (QED) is 0.329. The number of benzene rings is 2. The molecule has 0 radical (unpaired) electrons. The van der Waals surface area contributed by atoms with Crippen LogP contribution < -0.4 is 0 Å². The van der Waals surface area contributed by atoms with E-state index < -0.39 is 13.0 Å². The lowest BCUT2D eigenvalue weighted by Crippen LogP contribution is -2.16. The van der Waals surface area contributed by atoms with Crippen molar-refractivity contribution in [2.24, 2.45) is 0 Å². The van der Waals surface area contributed by atoms with Crippen LogP contribution in [0.5, 0.6) is 0 Å². The van der Waals surface area contributed by atoms with Crippen molar-refractivity contribution in [3.05, 3.63) is 75.5 Å². The van der Waals surface area contributed by atoms with Crippen molar-refractivity contribution < 1.29 is 18.7 Å². The normalized spacial score (nSPS) is 14.0. The van der Waals surface area contributed by atoms with Crippen LogP contribution in [0.3, 0.4) is 0 Å². The van der Waals surface area contributed by atoms with E-state index in [-0.39, 0.29) is 5.56 Å². The van der Waals surface area contributed by atoms with Gasteiger partial charge in [-0.1, -0.05) is 70.2 Å². The molecule has 3 aromatic rings. The number of nitrogens with zero attached hydrogens (tertiary/aromatic N) is 2. The first-order chi connectivity index (χ1) is 13.2. The molecule has 28 heavy (non-hydrogen) atoms. The van der Waals surface area contributed by atoms with Gasteiger partial charge in [0.2, 0.25) is 10.6 Å². The summed E-state index contributed by atoms with van der Waals surface area (Å²) in [7, 11) is -4.95. The molecule has 148 valence electrons. The molecule has 3 rings (SSSR count). The monoisotopic (exact) mass is 485 g/mol. The van der Waals surface area contributed by atoms with Gasteiger partial charge in [0, 0.05) is 22.2 Å². The minimum Gasteiger partial charge on any atom is -0.322 e. The summed E-state index contributed by atoms with van der Waals surface area (Å²) in [6.45, 7) is 0.879. The number of hydrogen-bond acceptors (Lipinski definition) is 4.